The van der Waals surface area contributed by atoms with Crippen LogP contribution in [-0.2, 0) is 27.9 Å². The summed E-state index contributed by atoms with van der Waals surface area (Å²) in [5.41, 5.74) is 0. The van der Waals surface area contributed by atoms with Gasteiger partial charge in [-0.05, 0) is 48.4 Å². The van der Waals surface area contributed by atoms with E-state index in [1.54, 1.807) is 0 Å². The van der Waals surface area contributed by atoms with E-state index in [2.05, 4.69) is 73.0 Å². The number of carbonyl (C=O) groups excluding carboxylic acids is 2. The van der Waals surface area contributed by atoms with E-state index in [1.807, 2.05) is 30.3 Å². The van der Waals surface area contributed by atoms with Gasteiger partial charge >= 0.3 is 5.97 Å². The SMILES string of the molecule is COC(=O)[C@@]1(Sc2ccccc2)C[C@H](O[Si](C)(C)C(C)(C)C)[C@@H](NC(C)=O)[C@H]([C@H](O)[C@H](O)CO[Si](C)(C)C(C)(C)C)O1. The molecule has 1 fully saturated rings. The Morgan fingerprint density at radius 2 is 1.60 bits per heavy atom. The highest BCUT2D eigenvalue weighted by molar-refractivity contribution is 8.01. The maximum Gasteiger partial charge on any atom is 0.349 e. The number of esters is 1. The monoisotopic (exact) mass is 643 g/mol. The molecule has 0 aliphatic carbocycles. The highest BCUT2D eigenvalue weighted by Gasteiger charge is 2.58. The average Bonchev–Trinajstić information content (AvgIpc) is 2.86. The normalized spacial score (nSPS) is 25.4. The molecular formula is C30H53NO8SSi2. The Kier molecular flexibility index (Phi) is 12.1. The Hall–Kier alpha value is -1.26. The van der Waals surface area contributed by atoms with Gasteiger partial charge in [-0.15, -0.1) is 0 Å². The van der Waals surface area contributed by atoms with Gasteiger partial charge in [0.25, 0.3) is 0 Å². The van der Waals surface area contributed by atoms with Crippen LogP contribution < -0.4 is 5.32 Å². The number of rotatable bonds is 11. The molecule has 1 aromatic carbocycles. The zero-order chi connectivity index (χ0) is 32.3. The molecule has 42 heavy (non-hydrogen) atoms. The van der Waals surface area contributed by atoms with Crippen LogP contribution in [0.2, 0.25) is 36.3 Å². The fourth-order valence-corrected chi connectivity index (χ4v) is 7.82. The van der Waals surface area contributed by atoms with Gasteiger partial charge in [-0.3, -0.25) is 4.79 Å². The van der Waals surface area contributed by atoms with Crippen LogP contribution in [0.1, 0.15) is 54.9 Å². The molecule has 0 unspecified atom stereocenters. The van der Waals surface area contributed by atoms with Crippen LogP contribution in [0.3, 0.4) is 0 Å². The van der Waals surface area contributed by atoms with Gasteiger partial charge in [0.15, 0.2) is 16.6 Å². The van der Waals surface area contributed by atoms with Crippen LogP contribution >= 0.6 is 11.8 Å². The van der Waals surface area contributed by atoms with Crippen LogP contribution in [0.15, 0.2) is 35.2 Å². The lowest BCUT2D eigenvalue weighted by Crippen LogP contribution is -2.68. The van der Waals surface area contributed by atoms with Crippen LogP contribution in [0.25, 0.3) is 0 Å². The minimum absolute atomic E-state index is 0.0521. The maximum atomic E-state index is 13.6. The summed E-state index contributed by atoms with van der Waals surface area (Å²) in [6.07, 6.45) is -4.77. The van der Waals surface area contributed by atoms with Gasteiger partial charge in [-0.1, -0.05) is 71.5 Å². The Morgan fingerprint density at radius 3 is 2.07 bits per heavy atom. The molecule has 9 nitrogen and oxygen atoms in total. The van der Waals surface area contributed by atoms with E-state index in [9.17, 15) is 19.8 Å². The average molecular weight is 644 g/mol. The number of benzene rings is 1. The zero-order valence-corrected chi connectivity index (χ0v) is 30.3. The summed E-state index contributed by atoms with van der Waals surface area (Å²) in [5.74, 6) is -0.997. The summed E-state index contributed by atoms with van der Waals surface area (Å²) in [4.78, 5) is 25.2. The second-order valence-corrected chi connectivity index (χ2v) is 25.1. The molecule has 0 aromatic heterocycles. The maximum absolute atomic E-state index is 13.6. The van der Waals surface area contributed by atoms with E-state index in [0.29, 0.717) is 0 Å². The lowest BCUT2D eigenvalue weighted by atomic mass is 9.89. The Balaban J connectivity index is 2.62. The third-order valence-electron chi connectivity index (χ3n) is 8.85. The molecule has 2 rings (SSSR count). The third-order valence-corrected chi connectivity index (χ3v) is 19.1. The van der Waals surface area contributed by atoms with Gasteiger partial charge in [0.2, 0.25) is 10.8 Å². The van der Waals surface area contributed by atoms with Crippen molar-refractivity contribution in [2.75, 3.05) is 13.7 Å². The van der Waals surface area contributed by atoms with Gasteiger partial charge in [-0.2, -0.15) is 0 Å². The Bertz CT molecular complexity index is 1060. The first-order chi connectivity index (χ1) is 19.1. The predicted octanol–water partition coefficient (Wildman–Crippen LogP) is 5.08. The topological polar surface area (TPSA) is 124 Å². The van der Waals surface area contributed by atoms with Gasteiger partial charge in [-0.25, -0.2) is 4.79 Å². The van der Waals surface area contributed by atoms with Crippen molar-refractivity contribution in [1.82, 2.24) is 5.32 Å². The van der Waals surface area contributed by atoms with Crippen molar-refractivity contribution >= 4 is 40.3 Å². The van der Waals surface area contributed by atoms with Crippen LogP contribution in [0.5, 0.6) is 0 Å². The van der Waals surface area contributed by atoms with Crippen LogP contribution in [0.4, 0.5) is 0 Å². The quantitative estimate of drug-likeness (QED) is 0.224. The highest BCUT2D eigenvalue weighted by Crippen LogP contribution is 2.47. The number of thioether (sulfide) groups is 1. The molecule has 0 bridgehead atoms. The number of amides is 1. The standard InChI is InChI=1S/C30H53NO8SSi2/c1-20(32)31-24-23(39-42(11,12)29(5,6)7)18-30(27(35)36-8,40-21-16-14-13-15-17-21)38-26(24)25(34)22(33)19-37-41(9,10)28(2,3)4/h13-17,22-26,33-34H,18-19H2,1-12H3,(H,31,32)/t22-,23+,24-,25-,26-,30+/m1/s1. The van der Waals surface area contributed by atoms with Crippen LogP contribution in [-0.4, -0.2) is 87.8 Å². The van der Waals surface area contributed by atoms with Crippen molar-refractivity contribution in [2.45, 2.75) is 131 Å². The molecule has 1 aromatic rings. The second-order valence-electron chi connectivity index (χ2n) is 14.2. The summed E-state index contributed by atoms with van der Waals surface area (Å²) < 4.78 is 24.9. The Labute approximate surface area is 258 Å². The van der Waals surface area contributed by atoms with E-state index in [4.69, 9.17) is 18.3 Å². The molecule has 6 atom stereocenters. The molecule has 0 radical (unpaired) electrons. The first kappa shape index (κ1) is 36.9. The smallest absolute Gasteiger partial charge is 0.349 e. The molecule has 12 heteroatoms. The molecule has 0 saturated carbocycles. The molecule has 1 amide bonds. The zero-order valence-electron chi connectivity index (χ0n) is 27.4. The van der Waals surface area contributed by atoms with Gasteiger partial charge in [0.05, 0.1) is 25.9 Å². The first-order valence-corrected chi connectivity index (χ1v) is 21.2. The molecule has 3 N–H and O–H groups in total. The summed E-state index contributed by atoms with van der Waals surface area (Å²) in [6.45, 7) is 22.1. The molecule has 1 aliphatic heterocycles. The Morgan fingerprint density at radius 1 is 1.05 bits per heavy atom. The van der Waals surface area contributed by atoms with E-state index in [0.717, 1.165) is 4.90 Å². The lowest BCUT2D eigenvalue weighted by Gasteiger charge is -2.51. The number of hydrogen-bond acceptors (Lipinski definition) is 9. The minimum atomic E-state index is -2.47. The van der Waals surface area contributed by atoms with Gasteiger partial charge in [0, 0.05) is 18.2 Å². The third kappa shape index (κ3) is 8.90. The van der Waals surface area contributed by atoms with Gasteiger partial charge < -0.3 is 33.9 Å². The summed E-state index contributed by atoms with van der Waals surface area (Å²) in [6, 6.07) is 8.44. The lowest BCUT2D eigenvalue weighted by molar-refractivity contribution is -0.205. The largest absolute Gasteiger partial charge is 0.466 e. The fraction of sp³-hybridized carbons (Fsp3) is 0.733. The van der Waals surface area contributed by atoms with Crippen molar-refractivity contribution in [3.63, 3.8) is 0 Å². The number of aliphatic hydroxyl groups is 2. The second kappa shape index (κ2) is 13.8. The summed E-state index contributed by atoms with van der Waals surface area (Å²) in [7, 11) is -3.44. The first-order valence-electron chi connectivity index (χ1n) is 14.5. The van der Waals surface area contributed by atoms with E-state index < -0.39 is 58.0 Å². The van der Waals surface area contributed by atoms with Crippen molar-refractivity contribution in [3.8, 4) is 0 Å². The fourth-order valence-electron chi connectivity index (χ4n) is 4.21. The summed E-state index contributed by atoms with van der Waals surface area (Å²) in [5, 5.41) is 25.5. The number of carbonyl (C=O) groups is 2. The minimum Gasteiger partial charge on any atom is -0.466 e. The molecule has 240 valence electrons. The molecule has 1 saturated heterocycles. The highest BCUT2D eigenvalue weighted by atomic mass is 32.2. The number of nitrogens with one attached hydrogen (secondary N) is 1. The van der Waals surface area contributed by atoms with E-state index >= 15 is 0 Å². The number of hydrogen-bond donors (Lipinski definition) is 3. The number of aliphatic hydroxyl groups excluding tert-OH is 2. The van der Waals surface area contributed by atoms with Crippen molar-refractivity contribution in [2.24, 2.45) is 0 Å². The predicted molar refractivity (Wildman–Crippen MR) is 171 cm³/mol. The molecule has 0 spiro atoms. The van der Waals surface area contributed by atoms with Crippen molar-refractivity contribution in [3.05, 3.63) is 30.3 Å². The van der Waals surface area contributed by atoms with Crippen LogP contribution in [0, 0.1) is 0 Å². The van der Waals surface area contributed by atoms with E-state index in [-0.39, 0.29) is 29.0 Å². The van der Waals surface area contributed by atoms with E-state index in [1.165, 1.54) is 25.8 Å². The number of methoxy groups -OCH3 is 1. The number of ether oxygens (including phenoxy) is 2. The molecule has 1 heterocycles. The van der Waals surface area contributed by atoms with Gasteiger partial charge in [0.1, 0.15) is 18.3 Å². The molecular weight excluding hydrogens is 591 g/mol. The summed E-state index contributed by atoms with van der Waals surface area (Å²) >= 11 is 1.17. The van der Waals surface area contributed by atoms with Crippen molar-refractivity contribution < 1.29 is 38.1 Å². The van der Waals surface area contributed by atoms with Crippen molar-refractivity contribution in [1.29, 1.82) is 0 Å². The molecule has 1 aliphatic rings.